The van der Waals surface area contributed by atoms with E-state index in [9.17, 15) is 9.59 Å². The van der Waals surface area contributed by atoms with E-state index in [2.05, 4.69) is 19.8 Å². The number of benzene rings is 1. The lowest BCUT2D eigenvalue weighted by molar-refractivity contribution is -0.132. The fraction of sp³-hybridized carbons (Fsp3) is 0.379. The molecule has 0 radical (unpaired) electrons. The summed E-state index contributed by atoms with van der Waals surface area (Å²) in [6, 6.07) is 16.6. The molecule has 204 valence electrons. The Labute approximate surface area is 228 Å². The number of hydrogen-bond donors (Lipinski definition) is 0. The lowest BCUT2D eigenvalue weighted by atomic mass is 10.2. The van der Waals surface area contributed by atoms with Gasteiger partial charge in [-0.25, -0.2) is 9.97 Å². The fourth-order valence-corrected chi connectivity index (χ4v) is 4.75. The van der Waals surface area contributed by atoms with Crippen LogP contribution in [0.25, 0.3) is 0 Å². The average Bonchev–Trinajstić information content (AvgIpc) is 2.99. The van der Waals surface area contributed by atoms with E-state index in [1.807, 2.05) is 42.6 Å². The molecule has 0 aliphatic carbocycles. The number of pyridine rings is 2. The lowest BCUT2D eigenvalue weighted by Gasteiger charge is -2.35. The van der Waals surface area contributed by atoms with Crippen molar-refractivity contribution in [2.75, 3.05) is 70.9 Å². The first-order valence-corrected chi connectivity index (χ1v) is 13.3. The number of nitrogens with zero attached hydrogens (tertiary/aromatic N) is 6. The Bertz CT molecular complexity index is 1270. The molecule has 0 saturated carbocycles. The van der Waals surface area contributed by atoms with Gasteiger partial charge in [0.05, 0.1) is 6.54 Å². The maximum Gasteiger partial charge on any atom is 0.259 e. The van der Waals surface area contributed by atoms with Crippen molar-refractivity contribution in [1.29, 1.82) is 0 Å². The summed E-state index contributed by atoms with van der Waals surface area (Å²) in [6.07, 6.45) is 3.82. The summed E-state index contributed by atoms with van der Waals surface area (Å²) in [5.74, 6) is 2.05. The highest BCUT2D eigenvalue weighted by atomic mass is 16.5. The molecule has 0 unspecified atom stereocenters. The number of likely N-dealkylation sites (N-methyl/N-ethyl adjacent to an activating group) is 1. The molecule has 0 atom stereocenters. The molecule has 10 nitrogen and oxygen atoms in total. The Morgan fingerprint density at radius 1 is 0.846 bits per heavy atom. The largest absolute Gasteiger partial charge is 0.488 e. The third-order valence-corrected chi connectivity index (χ3v) is 7.07. The first kappa shape index (κ1) is 26.4. The molecule has 3 aromatic rings. The number of hydrogen-bond acceptors (Lipinski definition) is 8. The van der Waals surface area contributed by atoms with Crippen LogP contribution >= 0.6 is 0 Å². The number of ether oxygens (including phenoxy) is 2. The number of amides is 2. The number of fused-ring (bicyclic) bond motifs is 2. The molecule has 0 bridgehead atoms. The molecule has 10 heteroatoms. The molecule has 1 fully saturated rings. The first-order valence-electron chi connectivity index (χ1n) is 13.3. The van der Waals surface area contributed by atoms with Gasteiger partial charge in [0.25, 0.3) is 5.91 Å². The Morgan fingerprint density at radius 2 is 1.62 bits per heavy atom. The van der Waals surface area contributed by atoms with Crippen molar-refractivity contribution in [3.63, 3.8) is 0 Å². The Hall–Kier alpha value is -4.18. The highest BCUT2D eigenvalue weighted by Gasteiger charge is 2.24. The van der Waals surface area contributed by atoms with Crippen molar-refractivity contribution in [2.24, 2.45) is 0 Å². The second-order valence-corrected chi connectivity index (χ2v) is 9.63. The minimum absolute atomic E-state index is 0.0491. The smallest absolute Gasteiger partial charge is 0.259 e. The van der Waals surface area contributed by atoms with E-state index in [1.165, 1.54) is 0 Å². The van der Waals surface area contributed by atoms with E-state index < -0.39 is 0 Å². The highest BCUT2D eigenvalue weighted by Crippen LogP contribution is 2.32. The summed E-state index contributed by atoms with van der Waals surface area (Å²) in [4.78, 5) is 43.3. The van der Waals surface area contributed by atoms with E-state index in [0.717, 1.165) is 32.0 Å². The molecule has 2 aliphatic rings. The van der Waals surface area contributed by atoms with Crippen LogP contribution in [0.4, 0.5) is 5.82 Å². The molecule has 1 aromatic carbocycles. The van der Waals surface area contributed by atoms with Gasteiger partial charge < -0.3 is 24.2 Å². The first-order chi connectivity index (χ1) is 19.1. The second kappa shape index (κ2) is 12.6. The molecular weight excluding hydrogens is 496 g/mol. The fourth-order valence-electron chi connectivity index (χ4n) is 4.75. The predicted octanol–water partition coefficient (Wildman–Crippen LogP) is 2.77. The average molecular weight is 531 g/mol. The highest BCUT2D eigenvalue weighted by molar-refractivity contribution is 5.96. The summed E-state index contributed by atoms with van der Waals surface area (Å²) < 4.78 is 12.0. The maximum atomic E-state index is 13.3. The molecule has 0 spiro atoms. The zero-order valence-corrected chi connectivity index (χ0v) is 22.2. The number of rotatable bonds is 4. The zero-order chi connectivity index (χ0) is 27.0. The zero-order valence-electron chi connectivity index (χ0n) is 22.2. The van der Waals surface area contributed by atoms with Crippen LogP contribution in [0.3, 0.4) is 0 Å². The normalized spacial score (nSPS) is 17.1. The SMILES string of the molecule is CN1CCN(C(=O)CCN2CCN(c3ccccn3)CC2)CCOc2ccccc2Oc2ncccc2C1=O. The topological polar surface area (TPSA) is 91.3 Å². The number of carbonyl (C=O) groups excluding carboxylic acids is 2. The maximum absolute atomic E-state index is 13.3. The van der Waals surface area contributed by atoms with Crippen LogP contribution in [0, 0.1) is 0 Å². The van der Waals surface area contributed by atoms with Gasteiger partial charge in [-0.1, -0.05) is 18.2 Å². The summed E-state index contributed by atoms with van der Waals surface area (Å²) in [5, 5.41) is 0. The van der Waals surface area contributed by atoms with Crippen molar-refractivity contribution in [3.8, 4) is 17.4 Å². The van der Waals surface area contributed by atoms with Crippen molar-refractivity contribution in [3.05, 3.63) is 72.6 Å². The summed E-state index contributed by atoms with van der Waals surface area (Å²) in [6.45, 7) is 5.74. The van der Waals surface area contributed by atoms with E-state index in [1.54, 1.807) is 41.2 Å². The molecule has 2 amide bonds. The van der Waals surface area contributed by atoms with Gasteiger partial charge in [0, 0.05) is 71.7 Å². The standard InChI is InChI=1S/C29H34N6O4/c1-32-15-18-35(27(36)11-14-33-16-19-34(20-17-33)26-10-4-5-12-30-26)21-22-38-24-8-2-3-9-25(24)39-28-23(29(32)37)7-6-13-31-28/h2-10,12-13H,11,14-22H2,1H3. The third-order valence-electron chi connectivity index (χ3n) is 7.07. The molecular formula is C29H34N6O4. The molecule has 2 aliphatic heterocycles. The quantitative estimate of drug-likeness (QED) is 0.509. The summed E-state index contributed by atoms with van der Waals surface area (Å²) in [7, 11) is 1.73. The number of anilines is 1. The van der Waals surface area contributed by atoms with Gasteiger partial charge in [0.15, 0.2) is 11.5 Å². The molecule has 1 saturated heterocycles. The molecule has 2 aromatic heterocycles. The number of para-hydroxylation sites is 2. The van der Waals surface area contributed by atoms with Crippen LogP contribution in [-0.4, -0.2) is 102 Å². The third kappa shape index (κ3) is 6.64. The summed E-state index contributed by atoms with van der Waals surface area (Å²) in [5.41, 5.74) is 0.358. The van der Waals surface area contributed by atoms with Crippen molar-refractivity contribution < 1.29 is 19.1 Å². The molecule has 39 heavy (non-hydrogen) atoms. The van der Waals surface area contributed by atoms with Gasteiger partial charge in [-0.2, -0.15) is 0 Å². The molecule has 4 heterocycles. The van der Waals surface area contributed by atoms with Gasteiger partial charge in [-0.05, 0) is 36.4 Å². The van der Waals surface area contributed by atoms with Crippen molar-refractivity contribution in [1.82, 2.24) is 24.7 Å². The van der Waals surface area contributed by atoms with E-state index >= 15 is 0 Å². The van der Waals surface area contributed by atoms with Crippen LogP contribution in [0.15, 0.2) is 67.0 Å². The van der Waals surface area contributed by atoms with Crippen LogP contribution in [0.1, 0.15) is 16.8 Å². The predicted molar refractivity (Wildman–Crippen MR) is 147 cm³/mol. The Morgan fingerprint density at radius 3 is 2.41 bits per heavy atom. The Balaban J connectivity index is 1.22. The minimum atomic E-state index is -0.214. The summed E-state index contributed by atoms with van der Waals surface area (Å²) >= 11 is 0. The number of carbonyl (C=O) groups is 2. The van der Waals surface area contributed by atoms with Crippen molar-refractivity contribution in [2.45, 2.75) is 6.42 Å². The second-order valence-electron chi connectivity index (χ2n) is 9.63. The molecule has 0 N–H and O–H groups in total. The number of piperazine rings is 1. The van der Waals surface area contributed by atoms with Crippen LogP contribution in [-0.2, 0) is 4.79 Å². The van der Waals surface area contributed by atoms with Crippen molar-refractivity contribution >= 4 is 17.6 Å². The van der Waals surface area contributed by atoms with Crippen LogP contribution in [0.2, 0.25) is 0 Å². The van der Waals surface area contributed by atoms with Gasteiger partial charge >= 0.3 is 0 Å². The monoisotopic (exact) mass is 530 g/mol. The van der Waals surface area contributed by atoms with Crippen LogP contribution < -0.4 is 14.4 Å². The van der Waals surface area contributed by atoms with E-state index in [0.29, 0.717) is 56.3 Å². The van der Waals surface area contributed by atoms with Gasteiger partial charge in [0.1, 0.15) is 18.0 Å². The minimum Gasteiger partial charge on any atom is -0.488 e. The lowest BCUT2D eigenvalue weighted by Crippen LogP contribution is -2.48. The Kier molecular flexibility index (Phi) is 8.52. The van der Waals surface area contributed by atoms with Gasteiger partial charge in [-0.15, -0.1) is 0 Å². The number of aromatic nitrogens is 2. The van der Waals surface area contributed by atoms with E-state index in [-0.39, 0.29) is 17.7 Å². The van der Waals surface area contributed by atoms with E-state index in [4.69, 9.17) is 9.47 Å². The van der Waals surface area contributed by atoms with Crippen LogP contribution in [0.5, 0.6) is 17.4 Å². The van der Waals surface area contributed by atoms with Gasteiger partial charge in [0.2, 0.25) is 11.8 Å². The molecule has 5 rings (SSSR count). The van der Waals surface area contributed by atoms with Gasteiger partial charge in [-0.3, -0.25) is 14.5 Å².